The first-order valence-corrected chi connectivity index (χ1v) is 20.3. The summed E-state index contributed by atoms with van der Waals surface area (Å²) in [4.78, 5) is 49.0. The Morgan fingerprint density at radius 2 is 1.36 bits per heavy atom. The highest BCUT2D eigenvalue weighted by Gasteiger charge is 2.41. The minimum Gasteiger partial charge on any atom is -0.462 e. The number of nitrogens with one attached hydrogen (secondary N) is 2. The summed E-state index contributed by atoms with van der Waals surface area (Å²) in [6, 6.07) is 6.45. The molecule has 14 heteroatoms. The summed E-state index contributed by atoms with van der Waals surface area (Å²) in [5.41, 5.74) is 6.01. The van der Waals surface area contributed by atoms with Crippen molar-refractivity contribution in [3.63, 3.8) is 0 Å². The predicted molar refractivity (Wildman–Crippen MR) is 208 cm³/mol. The van der Waals surface area contributed by atoms with Gasteiger partial charge in [-0.15, -0.1) is 0 Å². The Kier molecular flexibility index (Phi) is 13.4. The van der Waals surface area contributed by atoms with Crippen LogP contribution in [0.2, 0.25) is 0 Å². The van der Waals surface area contributed by atoms with Crippen molar-refractivity contribution in [2.75, 3.05) is 52.7 Å². The summed E-state index contributed by atoms with van der Waals surface area (Å²) >= 11 is 0. The second-order valence-corrected chi connectivity index (χ2v) is 16.3. The van der Waals surface area contributed by atoms with Crippen LogP contribution in [0, 0.1) is 22.7 Å². The van der Waals surface area contributed by atoms with Crippen LogP contribution < -0.4 is 10.6 Å². The molecule has 6 heterocycles. The van der Waals surface area contributed by atoms with Crippen LogP contribution in [-0.4, -0.2) is 101 Å². The van der Waals surface area contributed by atoms with Crippen LogP contribution in [0.15, 0.2) is 24.3 Å². The number of carbonyl (C=O) groups is 4. The molecule has 14 nitrogen and oxygen atoms in total. The SMILES string of the molecule is CCc1nn(C[C@@H](C)CO)c2c1C(=O)NCC1(CCOCC1)C2.CCc1nn(C[C@@H](C)COC(=O)c2cccc(C=O)c2)c2c1C(=O)NCC1(CCOCC1)C2. The molecule has 2 saturated heterocycles. The minimum absolute atomic E-state index is 0.00289. The van der Waals surface area contributed by atoms with Crippen LogP contribution in [0.3, 0.4) is 0 Å². The Morgan fingerprint density at radius 1 is 0.857 bits per heavy atom. The first-order valence-electron chi connectivity index (χ1n) is 20.3. The van der Waals surface area contributed by atoms with Crippen molar-refractivity contribution in [3.8, 4) is 0 Å². The number of nitrogens with zero attached hydrogens (tertiary/aromatic N) is 4. The van der Waals surface area contributed by atoms with E-state index < -0.39 is 5.97 Å². The van der Waals surface area contributed by atoms with E-state index in [2.05, 4.69) is 15.7 Å². The number of ether oxygens (including phenoxy) is 3. The number of carbonyl (C=O) groups excluding carboxylic acids is 4. The smallest absolute Gasteiger partial charge is 0.338 e. The monoisotopic (exact) mass is 774 g/mol. The zero-order chi connectivity index (χ0) is 39.9. The number of aliphatic hydroxyl groups is 1. The number of benzene rings is 1. The largest absolute Gasteiger partial charge is 0.462 e. The second kappa shape index (κ2) is 18.2. The molecular formula is C42H58N6O8. The number of fused-ring (bicyclic) bond motifs is 2. The molecular weight excluding hydrogens is 716 g/mol. The number of aliphatic hydroxyl groups excluding tert-OH is 1. The third-order valence-electron chi connectivity index (χ3n) is 11.9. The molecule has 4 aliphatic rings. The van der Waals surface area contributed by atoms with Gasteiger partial charge < -0.3 is 30.0 Å². The molecule has 2 fully saturated rings. The molecule has 1 aromatic carbocycles. The fraction of sp³-hybridized carbons (Fsp3) is 0.619. The number of aryl methyl sites for hydroxylation is 2. The molecule has 0 radical (unpaired) electrons. The summed E-state index contributed by atoms with van der Waals surface area (Å²) in [5, 5.41) is 25.1. The van der Waals surface area contributed by atoms with Gasteiger partial charge in [0.15, 0.2) is 0 Å². The zero-order valence-corrected chi connectivity index (χ0v) is 33.4. The van der Waals surface area contributed by atoms with Crippen molar-refractivity contribution in [3.05, 3.63) is 69.3 Å². The summed E-state index contributed by atoms with van der Waals surface area (Å²) in [6.07, 6.45) is 7.51. The van der Waals surface area contributed by atoms with Crippen LogP contribution in [0.4, 0.5) is 0 Å². The molecule has 2 atom stereocenters. The summed E-state index contributed by atoms with van der Waals surface area (Å²) in [5.74, 6) is -0.386. The van der Waals surface area contributed by atoms with Gasteiger partial charge in [0, 0.05) is 70.7 Å². The lowest BCUT2D eigenvalue weighted by Crippen LogP contribution is -2.41. The maximum atomic E-state index is 12.9. The Hall–Kier alpha value is -4.40. The highest BCUT2D eigenvalue weighted by molar-refractivity contribution is 5.97. The van der Waals surface area contributed by atoms with Crippen LogP contribution in [0.1, 0.15) is 118 Å². The second-order valence-electron chi connectivity index (χ2n) is 16.3. The molecule has 3 aromatic rings. The topological polar surface area (TPSA) is 176 Å². The van der Waals surface area contributed by atoms with Gasteiger partial charge in [-0.2, -0.15) is 10.2 Å². The Labute approximate surface area is 329 Å². The summed E-state index contributed by atoms with van der Waals surface area (Å²) in [6.45, 7) is 13.9. The highest BCUT2D eigenvalue weighted by atomic mass is 16.5. The van der Waals surface area contributed by atoms with E-state index in [9.17, 15) is 24.3 Å². The number of rotatable bonds is 11. The van der Waals surface area contributed by atoms with Crippen LogP contribution in [-0.2, 0) is 53.0 Å². The van der Waals surface area contributed by atoms with Gasteiger partial charge in [-0.3, -0.25) is 23.7 Å². The van der Waals surface area contributed by atoms with Gasteiger partial charge in [-0.1, -0.05) is 39.8 Å². The van der Waals surface area contributed by atoms with Gasteiger partial charge in [0.1, 0.15) is 6.29 Å². The van der Waals surface area contributed by atoms with Gasteiger partial charge in [-0.25, -0.2) is 4.79 Å². The molecule has 4 aliphatic heterocycles. The zero-order valence-electron chi connectivity index (χ0n) is 33.4. The first-order chi connectivity index (χ1) is 27.0. The Bertz CT molecular complexity index is 1870. The minimum atomic E-state index is -0.459. The molecule has 0 bridgehead atoms. The number of amides is 2. The van der Waals surface area contributed by atoms with E-state index in [1.54, 1.807) is 18.2 Å². The van der Waals surface area contributed by atoms with Crippen LogP contribution >= 0.6 is 0 Å². The van der Waals surface area contributed by atoms with Gasteiger partial charge >= 0.3 is 5.97 Å². The average Bonchev–Trinajstić information content (AvgIpc) is 3.64. The molecule has 2 amide bonds. The molecule has 0 aliphatic carbocycles. The van der Waals surface area contributed by atoms with E-state index >= 15 is 0 Å². The molecule has 2 spiro atoms. The van der Waals surface area contributed by atoms with Crippen molar-refractivity contribution < 1.29 is 38.5 Å². The van der Waals surface area contributed by atoms with E-state index in [1.807, 2.05) is 37.1 Å². The van der Waals surface area contributed by atoms with Crippen molar-refractivity contribution in [2.45, 2.75) is 92.2 Å². The van der Waals surface area contributed by atoms with E-state index in [1.165, 1.54) is 6.07 Å². The molecule has 2 aromatic heterocycles. The predicted octanol–water partition coefficient (Wildman–Crippen LogP) is 3.99. The lowest BCUT2D eigenvalue weighted by atomic mass is 9.76. The van der Waals surface area contributed by atoms with E-state index in [0.29, 0.717) is 68.8 Å². The van der Waals surface area contributed by atoms with Crippen LogP contribution in [0.25, 0.3) is 0 Å². The number of aromatic nitrogens is 4. The fourth-order valence-electron chi connectivity index (χ4n) is 8.39. The van der Waals surface area contributed by atoms with Gasteiger partial charge in [-0.05, 0) is 80.2 Å². The van der Waals surface area contributed by atoms with E-state index in [4.69, 9.17) is 19.3 Å². The first kappa shape index (κ1) is 41.2. The standard InChI is InChI=1S/C25H31N3O5.C17H27N3O3/c1-3-20-22-21(12-25(16-26-23(22)30)7-9-32-10-8-25)28(27-20)13-17(2)15-33-24(31)19-6-4-5-18(11-19)14-29;1-3-13-15-14(20(19-13)9-12(2)10-21)8-17(11-18-16(15)22)4-6-23-7-5-17/h4-6,11,14,17H,3,7-10,12-13,15-16H2,1-2H3,(H,26,30);12,21H,3-11H2,1-2H3,(H,18,22)/t17-;12-/m11/s1. The Balaban J connectivity index is 0.000000202. The van der Waals surface area contributed by atoms with Crippen molar-refractivity contribution >= 4 is 24.1 Å². The molecule has 304 valence electrons. The molecule has 56 heavy (non-hydrogen) atoms. The fourth-order valence-corrected chi connectivity index (χ4v) is 8.39. The summed E-state index contributed by atoms with van der Waals surface area (Å²) in [7, 11) is 0. The van der Waals surface area contributed by atoms with E-state index in [0.717, 1.165) is 86.5 Å². The van der Waals surface area contributed by atoms with Gasteiger partial charge in [0.25, 0.3) is 11.8 Å². The molecule has 0 unspecified atom stereocenters. The molecule has 3 N–H and O–H groups in total. The normalized spacial score (nSPS) is 19.6. The quantitative estimate of drug-likeness (QED) is 0.191. The number of esters is 1. The lowest BCUT2D eigenvalue weighted by Gasteiger charge is -2.36. The van der Waals surface area contributed by atoms with Crippen LogP contribution in [0.5, 0.6) is 0 Å². The van der Waals surface area contributed by atoms with E-state index in [-0.39, 0.29) is 47.7 Å². The maximum absolute atomic E-state index is 12.9. The molecule has 7 rings (SSSR count). The maximum Gasteiger partial charge on any atom is 0.338 e. The Morgan fingerprint density at radius 3 is 1.82 bits per heavy atom. The number of aldehydes is 1. The average molecular weight is 775 g/mol. The number of hydrogen-bond donors (Lipinski definition) is 3. The van der Waals surface area contributed by atoms with Gasteiger partial charge in [0.05, 0.1) is 46.1 Å². The van der Waals surface area contributed by atoms with Gasteiger partial charge in [0.2, 0.25) is 0 Å². The summed E-state index contributed by atoms with van der Waals surface area (Å²) < 4.78 is 20.5. The third-order valence-corrected chi connectivity index (χ3v) is 11.9. The third kappa shape index (κ3) is 9.24. The highest BCUT2D eigenvalue weighted by Crippen LogP contribution is 2.39. The van der Waals surface area contributed by atoms with Crippen molar-refractivity contribution in [2.24, 2.45) is 22.7 Å². The number of hydrogen-bond acceptors (Lipinski definition) is 10. The molecule has 0 saturated carbocycles. The lowest BCUT2D eigenvalue weighted by molar-refractivity contribution is 0.0150. The van der Waals surface area contributed by atoms with Crippen molar-refractivity contribution in [1.29, 1.82) is 0 Å². The van der Waals surface area contributed by atoms with Crippen molar-refractivity contribution in [1.82, 2.24) is 30.2 Å².